The number of carbonyl (C=O) groups is 1. The first kappa shape index (κ1) is 26.1. The largest absolute Gasteiger partial charge is 0.362 e. The summed E-state index contributed by atoms with van der Waals surface area (Å²) >= 11 is 0. The Morgan fingerprint density at radius 1 is 0.881 bits per heavy atom. The van der Waals surface area contributed by atoms with Crippen LogP contribution >= 0.6 is 0 Å². The van der Waals surface area contributed by atoms with Gasteiger partial charge in [-0.2, -0.15) is 0 Å². The van der Waals surface area contributed by atoms with Crippen molar-refractivity contribution in [3.63, 3.8) is 0 Å². The Labute approximate surface area is 245 Å². The third-order valence-corrected chi connectivity index (χ3v) is 8.40. The van der Waals surface area contributed by atoms with Crippen LogP contribution < -0.4 is 15.1 Å². The van der Waals surface area contributed by atoms with Gasteiger partial charge < -0.3 is 15.1 Å². The molecule has 7 rings (SSSR count). The van der Waals surface area contributed by atoms with Crippen molar-refractivity contribution in [2.24, 2.45) is 0 Å². The van der Waals surface area contributed by atoms with Gasteiger partial charge in [-0.05, 0) is 58.7 Å². The first-order valence-corrected chi connectivity index (χ1v) is 14.5. The van der Waals surface area contributed by atoms with E-state index in [2.05, 4.69) is 55.3 Å². The fourth-order valence-corrected chi connectivity index (χ4v) is 6.00. The molecule has 1 N–H and O–H groups in total. The molecule has 0 spiro atoms. The molecule has 210 valence electrons. The second-order valence-corrected chi connectivity index (χ2v) is 11.1. The summed E-state index contributed by atoms with van der Waals surface area (Å²) in [5.41, 5.74) is 8.26. The third kappa shape index (κ3) is 5.29. The van der Waals surface area contributed by atoms with Gasteiger partial charge in [-0.1, -0.05) is 42.5 Å². The van der Waals surface area contributed by atoms with Crippen LogP contribution in [-0.4, -0.2) is 65.0 Å². The highest BCUT2D eigenvalue weighted by atomic mass is 16.2. The Hall–Kier alpha value is -4.82. The molecule has 8 heteroatoms. The third-order valence-electron chi connectivity index (χ3n) is 8.40. The Kier molecular flexibility index (Phi) is 6.97. The second kappa shape index (κ2) is 11.2. The van der Waals surface area contributed by atoms with E-state index in [4.69, 9.17) is 9.97 Å². The zero-order valence-corrected chi connectivity index (χ0v) is 23.6. The number of piperazine rings is 1. The highest BCUT2D eigenvalue weighted by molar-refractivity contribution is 5.98. The summed E-state index contributed by atoms with van der Waals surface area (Å²) in [5, 5.41) is 3.10. The summed E-state index contributed by atoms with van der Waals surface area (Å²) in [7, 11) is 1.98. The molecule has 1 fully saturated rings. The van der Waals surface area contributed by atoms with E-state index >= 15 is 0 Å². The topological polar surface area (TPSA) is 77.5 Å². The number of anilines is 3. The zero-order chi connectivity index (χ0) is 28.5. The van der Waals surface area contributed by atoms with E-state index in [0.717, 1.165) is 78.5 Å². The lowest BCUT2D eigenvalue weighted by atomic mass is 10.0. The number of fused-ring (bicyclic) bond motifs is 2. The molecule has 1 saturated heterocycles. The van der Waals surface area contributed by atoms with Gasteiger partial charge in [0, 0.05) is 70.0 Å². The van der Waals surface area contributed by atoms with Crippen LogP contribution in [0.5, 0.6) is 0 Å². The van der Waals surface area contributed by atoms with E-state index in [1.807, 2.05) is 74.2 Å². The van der Waals surface area contributed by atoms with Crippen molar-refractivity contribution in [1.29, 1.82) is 0 Å². The Morgan fingerprint density at radius 2 is 1.69 bits per heavy atom. The average Bonchev–Trinajstić information content (AvgIpc) is 3.38. The monoisotopic (exact) mass is 555 g/mol. The van der Waals surface area contributed by atoms with Gasteiger partial charge in [0.1, 0.15) is 11.9 Å². The van der Waals surface area contributed by atoms with Gasteiger partial charge in [0.25, 0.3) is 0 Å². The predicted octanol–water partition coefficient (Wildman–Crippen LogP) is 5.01. The van der Waals surface area contributed by atoms with Crippen LogP contribution in [-0.2, 0) is 17.8 Å². The fraction of sp³-hybridized carbons (Fsp3) is 0.235. The maximum Gasteiger partial charge on any atom is 0.247 e. The number of hydrogen-bond acceptors (Lipinski definition) is 7. The number of pyridine rings is 1. The molecule has 42 heavy (non-hydrogen) atoms. The van der Waals surface area contributed by atoms with Crippen LogP contribution in [0.1, 0.15) is 11.1 Å². The van der Waals surface area contributed by atoms with Crippen LogP contribution in [0.2, 0.25) is 0 Å². The zero-order valence-electron chi connectivity index (χ0n) is 23.6. The SMILES string of the molecule is CN1c2ccccc2CC1C(=O)Nc1ccc(-c2ccc3ncc(N4CCN(Cc5cccnc5)CC4)nc3c2)cc1. The van der Waals surface area contributed by atoms with E-state index in [1.165, 1.54) is 11.1 Å². The molecule has 2 aromatic heterocycles. The molecule has 1 atom stereocenters. The Bertz CT molecular complexity index is 1720. The van der Waals surface area contributed by atoms with E-state index in [1.54, 1.807) is 0 Å². The number of para-hydroxylation sites is 1. The summed E-state index contributed by atoms with van der Waals surface area (Å²) in [4.78, 5) is 33.8. The summed E-state index contributed by atoms with van der Waals surface area (Å²) in [6, 6.07) is 26.3. The minimum Gasteiger partial charge on any atom is -0.362 e. The van der Waals surface area contributed by atoms with Crippen LogP contribution in [0, 0.1) is 0 Å². The van der Waals surface area contributed by atoms with Gasteiger partial charge in [-0.3, -0.25) is 19.7 Å². The smallest absolute Gasteiger partial charge is 0.247 e. The van der Waals surface area contributed by atoms with Crippen LogP contribution in [0.3, 0.4) is 0 Å². The molecular formula is C34H33N7O. The Balaban J connectivity index is 1.01. The molecule has 0 aliphatic carbocycles. The van der Waals surface area contributed by atoms with Gasteiger partial charge in [0.05, 0.1) is 17.2 Å². The highest BCUT2D eigenvalue weighted by Crippen LogP contribution is 2.31. The standard InChI is InChI=1S/C34H33N7O/c1-39-31-7-3-2-6-27(31)20-32(39)34(42)37-28-11-8-25(9-12-28)26-10-13-29-30(19-26)38-33(22-36-29)41-17-15-40(16-18-41)23-24-5-4-14-35-21-24/h2-14,19,21-22,32H,15-18,20,23H2,1H3,(H,37,42). The van der Waals surface area contributed by atoms with E-state index in [9.17, 15) is 4.79 Å². The molecule has 0 bridgehead atoms. The molecular weight excluding hydrogens is 522 g/mol. The van der Waals surface area contributed by atoms with Crippen molar-refractivity contribution < 1.29 is 4.79 Å². The summed E-state index contributed by atoms with van der Waals surface area (Å²) in [6.45, 7) is 4.69. The molecule has 1 unspecified atom stereocenters. The van der Waals surface area contributed by atoms with Crippen LogP contribution in [0.25, 0.3) is 22.2 Å². The first-order valence-electron chi connectivity index (χ1n) is 14.5. The number of likely N-dealkylation sites (N-methyl/N-ethyl adjacent to an activating group) is 1. The van der Waals surface area contributed by atoms with E-state index in [0.29, 0.717) is 0 Å². The number of hydrogen-bond donors (Lipinski definition) is 1. The van der Waals surface area contributed by atoms with Gasteiger partial charge in [0.2, 0.25) is 5.91 Å². The molecule has 2 aliphatic rings. The Morgan fingerprint density at radius 3 is 2.48 bits per heavy atom. The van der Waals surface area contributed by atoms with Crippen molar-refractivity contribution in [3.8, 4) is 11.1 Å². The lowest BCUT2D eigenvalue weighted by Gasteiger charge is -2.35. The number of nitrogens with zero attached hydrogens (tertiary/aromatic N) is 6. The van der Waals surface area contributed by atoms with Crippen LogP contribution in [0.4, 0.5) is 17.2 Å². The maximum absolute atomic E-state index is 13.1. The first-order chi connectivity index (χ1) is 20.6. The summed E-state index contributed by atoms with van der Waals surface area (Å²) in [6.07, 6.45) is 6.36. The van der Waals surface area contributed by atoms with E-state index in [-0.39, 0.29) is 11.9 Å². The van der Waals surface area contributed by atoms with Gasteiger partial charge in [-0.15, -0.1) is 0 Å². The van der Waals surface area contributed by atoms with Gasteiger partial charge in [0.15, 0.2) is 0 Å². The quantitative estimate of drug-likeness (QED) is 0.316. The number of nitrogens with one attached hydrogen (secondary N) is 1. The lowest BCUT2D eigenvalue weighted by molar-refractivity contribution is -0.117. The normalized spacial score (nSPS) is 16.9. The molecule has 8 nitrogen and oxygen atoms in total. The molecule has 1 amide bonds. The predicted molar refractivity (Wildman–Crippen MR) is 168 cm³/mol. The minimum absolute atomic E-state index is 0.00728. The maximum atomic E-state index is 13.1. The van der Waals surface area contributed by atoms with Gasteiger partial charge in [-0.25, -0.2) is 4.98 Å². The van der Waals surface area contributed by atoms with Gasteiger partial charge >= 0.3 is 0 Å². The molecule has 2 aliphatic heterocycles. The summed E-state index contributed by atoms with van der Waals surface area (Å²) in [5.74, 6) is 0.922. The van der Waals surface area contributed by atoms with Crippen molar-refractivity contribution >= 4 is 34.1 Å². The number of benzene rings is 3. The number of amides is 1. The van der Waals surface area contributed by atoms with Crippen LogP contribution in [0.15, 0.2) is 97.5 Å². The number of carbonyl (C=O) groups excluding carboxylic acids is 1. The minimum atomic E-state index is -0.209. The van der Waals surface area contributed by atoms with Crippen molar-refractivity contribution in [2.75, 3.05) is 48.3 Å². The number of aromatic nitrogens is 3. The molecule has 4 heterocycles. The molecule has 0 radical (unpaired) electrons. The van der Waals surface area contributed by atoms with Crippen molar-refractivity contribution in [2.45, 2.75) is 19.0 Å². The molecule has 5 aromatic rings. The average molecular weight is 556 g/mol. The molecule has 3 aromatic carbocycles. The lowest BCUT2D eigenvalue weighted by Crippen LogP contribution is -2.46. The second-order valence-electron chi connectivity index (χ2n) is 11.1. The number of rotatable bonds is 6. The molecule has 0 saturated carbocycles. The summed E-state index contributed by atoms with van der Waals surface area (Å²) < 4.78 is 0. The van der Waals surface area contributed by atoms with Crippen molar-refractivity contribution in [3.05, 3.63) is 109 Å². The fourth-order valence-electron chi connectivity index (χ4n) is 6.00. The highest BCUT2D eigenvalue weighted by Gasteiger charge is 2.31. The van der Waals surface area contributed by atoms with Crippen molar-refractivity contribution in [1.82, 2.24) is 19.9 Å². The van der Waals surface area contributed by atoms with E-state index < -0.39 is 0 Å².